The number of H-pyrrole nitrogens is 1. The van der Waals surface area contributed by atoms with E-state index < -0.39 is 0 Å². The van der Waals surface area contributed by atoms with E-state index >= 15 is 0 Å². The Balaban J connectivity index is 1.19. The van der Waals surface area contributed by atoms with Gasteiger partial charge in [-0.2, -0.15) is 0 Å². The summed E-state index contributed by atoms with van der Waals surface area (Å²) < 4.78 is 5.03. The molecule has 0 unspecified atom stereocenters. The summed E-state index contributed by atoms with van der Waals surface area (Å²) in [4.78, 5) is 40.6. The van der Waals surface area contributed by atoms with Gasteiger partial charge in [-0.1, -0.05) is 12.1 Å². The fraction of sp³-hybridized carbons (Fsp3) is 0.571. The summed E-state index contributed by atoms with van der Waals surface area (Å²) in [5.74, 6) is 1.13. The number of carbonyl (C=O) groups is 2. The molecule has 1 N–H and O–H groups in total. The summed E-state index contributed by atoms with van der Waals surface area (Å²) in [6.45, 7) is 9.21. The molecule has 9 nitrogen and oxygen atoms in total. The van der Waals surface area contributed by atoms with E-state index in [9.17, 15) is 9.59 Å². The van der Waals surface area contributed by atoms with Crippen molar-refractivity contribution >= 4 is 23.0 Å². The lowest BCUT2D eigenvalue weighted by Crippen LogP contribution is -2.54. The zero-order valence-electron chi connectivity index (χ0n) is 17.5. The van der Waals surface area contributed by atoms with Gasteiger partial charge in [0.25, 0.3) is 0 Å². The van der Waals surface area contributed by atoms with E-state index in [0.29, 0.717) is 39.3 Å². The largest absolute Gasteiger partial charge is 0.450 e. The molecular formula is C21H30N6O3. The fourth-order valence-electron chi connectivity index (χ4n) is 4.04. The first kappa shape index (κ1) is 20.6. The second kappa shape index (κ2) is 9.44. The van der Waals surface area contributed by atoms with Gasteiger partial charge < -0.3 is 19.5 Å². The maximum absolute atomic E-state index is 12.7. The van der Waals surface area contributed by atoms with Gasteiger partial charge in [0.2, 0.25) is 5.91 Å². The van der Waals surface area contributed by atoms with Crippen molar-refractivity contribution in [2.75, 3.05) is 65.5 Å². The number of para-hydroxylation sites is 2. The third-order valence-electron chi connectivity index (χ3n) is 5.79. The average Bonchev–Trinajstić information content (AvgIpc) is 3.17. The van der Waals surface area contributed by atoms with Crippen LogP contribution in [0.1, 0.15) is 12.7 Å². The summed E-state index contributed by atoms with van der Waals surface area (Å²) in [5, 5.41) is 0. The van der Waals surface area contributed by atoms with Crippen LogP contribution in [0, 0.1) is 0 Å². The molecule has 0 bridgehead atoms. The molecule has 1 aromatic carbocycles. The molecule has 1 aromatic heterocycles. The van der Waals surface area contributed by atoms with Gasteiger partial charge in [-0.05, 0) is 19.1 Å². The number of nitrogens with zero attached hydrogens (tertiary/aromatic N) is 5. The van der Waals surface area contributed by atoms with E-state index in [1.165, 1.54) is 0 Å². The molecule has 9 heteroatoms. The topological polar surface area (TPSA) is 85.0 Å². The Kier molecular flexibility index (Phi) is 6.49. The fourth-order valence-corrected chi connectivity index (χ4v) is 4.04. The van der Waals surface area contributed by atoms with Crippen molar-refractivity contribution < 1.29 is 14.3 Å². The molecule has 2 fully saturated rings. The Hall–Kier alpha value is -2.65. The van der Waals surface area contributed by atoms with Gasteiger partial charge in [-0.15, -0.1) is 0 Å². The monoisotopic (exact) mass is 414 g/mol. The minimum Gasteiger partial charge on any atom is -0.450 e. The Morgan fingerprint density at radius 2 is 1.63 bits per heavy atom. The van der Waals surface area contributed by atoms with Gasteiger partial charge in [0.1, 0.15) is 5.82 Å². The number of ether oxygens (including phenoxy) is 1. The lowest BCUT2D eigenvalue weighted by Gasteiger charge is -2.37. The highest BCUT2D eigenvalue weighted by molar-refractivity contribution is 5.79. The quantitative estimate of drug-likeness (QED) is 0.785. The maximum Gasteiger partial charge on any atom is 0.409 e. The molecule has 0 aliphatic carbocycles. The predicted molar refractivity (Wildman–Crippen MR) is 113 cm³/mol. The average molecular weight is 415 g/mol. The molecule has 0 spiro atoms. The van der Waals surface area contributed by atoms with E-state index in [2.05, 4.69) is 19.8 Å². The van der Waals surface area contributed by atoms with Crippen molar-refractivity contribution in [2.24, 2.45) is 0 Å². The number of rotatable bonds is 5. The van der Waals surface area contributed by atoms with Crippen LogP contribution in [0.5, 0.6) is 0 Å². The number of fused-ring (bicyclic) bond motifs is 1. The van der Waals surface area contributed by atoms with E-state index in [0.717, 1.165) is 49.6 Å². The van der Waals surface area contributed by atoms with Crippen molar-refractivity contribution in [3.8, 4) is 0 Å². The van der Waals surface area contributed by atoms with Crippen LogP contribution in [0.2, 0.25) is 0 Å². The summed E-state index contributed by atoms with van der Waals surface area (Å²) in [7, 11) is 0. The van der Waals surface area contributed by atoms with E-state index in [1.807, 2.05) is 29.2 Å². The number of hydrogen-bond donors (Lipinski definition) is 1. The number of aromatic amines is 1. The van der Waals surface area contributed by atoms with Gasteiger partial charge in [0, 0.05) is 52.4 Å². The molecule has 3 heterocycles. The van der Waals surface area contributed by atoms with Crippen molar-refractivity contribution in [3.05, 3.63) is 30.1 Å². The molecule has 2 amide bonds. The molecule has 0 radical (unpaired) electrons. The number of carbonyl (C=O) groups excluding carboxylic acids is 2. The summed E-state index contributed by atoms with van der Waals surface area (Å²) in [6.07, 6.45) is -0.287. The van der Waals surface area contributed by atoms with Crippen LogP contribution in [0.3, 0.4) is 0 Å². The van der Waals surface area contributed by atoms with E-state index in [4.69, 9.17) is 4.74 Å². The van der Waals surface area contributed by atoms with E-state index in [1.54, 1.807) is 11.8 Å². The summed E-state index contributed by atoms with van der Waals surface area (Å²) in [6, 6.07) is 8.07. The number of imidazole rings is 1. The Morgan fingerprint density at radius 1 is 0.967 bits per heavy atom. The predicted octanol–water partition coefficient (Wildman–Crippen LogP) is 0.981. The second-order valence-corrected chi connectivity index (χ2v) is 7.82. The van der Waals surface area contributed by atoms with Gasteiger partial charge in [0.05, 0.1) is 30.7 Å². The van der Waals surface area contributed by atoms with Crippen LogP contribution in [0.4, 0.5) is 4.79 Å². The van der Waals surface area contributed by atoms with Gasteiger partial charge in [-0.25, -0.2) is 9.78 Å². The Bertz CT molecular complexity index is 836. The van der Waals surface area contributed by atoms with Gasteiger partial charge >= 0.3 is 6.09 Å². The molecule has 0 atom stereocenters. The normalized spacial score (nSPS) is 18.7. The standard InChI is InChI=1S/C21H30N6O3/c1-2-30-21(29)27-13-11-26(12-14-27)20(28)16-25-9-7-24(8-10-25)15-19-22-17-5-3-4-6-18(17)23-19/h3-6H,2,7-16H2,1H3,(H,22,23). The molecule has 162 valence electrons. The van der Waals surface area contributed by atoms with Crippen molar-refractivity contribution in [1.29, 1.82) is 0 Å². The van der Waals surface area contributed by atoms with Crippen LogP contribution < -0.4 is 0 Å². The highest BCUT2D eigenvalue weighted by Crippen LogP contribution is 2.13. The zero-order valence-corrected chi connectivity index (χ0v) is 17.5. The third-order valence-corrected chi connectivity index (χ3v) is 5.79. The van der Waals surface area contributed by atoms with Crippen LogP contribution in [-0.2, 0) is 16.1 Å². The molecular weight excluding hydrogens is 384 g/mol. The minimum absolute atomic E-state index is 0.143. The smallest absolute Gasteiger partial charge is 0.409 e. The van der Waals surface area contributed by atoms with Gasteiger partial charge in [-0.3, -0.25) is 14.6 Å². The van der Waals surface area contributed by atoms with Crippen LogP contribution in [-0.4, -0.2) is 107 Å². The number of piperazine rings is 2. The first-order valence-electron chi connectivity index (χ1n) is 10.7. The van der Waals surface area contributed by atoms with Crippen molar-refractivity contribution in [1.82, 2.24) is 29.6 Å². The number of hydrogen-bond acceptors (Lipinski definition) is 6. The number of aromatic nitrogens is 2. The molecule has 30 heavy (non-hydrogen) atoms. The molecule has 2 saturated heterocycles. The lowest BCUT2D eigenvalue weighted by molar-refractivity contribution is -0.134. The maximum atomic E-state index is 12.7. The van der Waals surface area contributed by atoms with Crippen LogP contribution in [0.25, 0.3) is 11.0 Å². The third kappa shape index (κ3) is 4.91. The lowest BCUT2D eigenvalue weighted by atomic mass is 10.2. The highest BCUT2D eigenvalue weighted by Gasteiger charge is 2.27. The summed E-state index contributed by atoms with van der Waals surface area (Å²) >= 11 is 0. The van der Waals surface area contributed by atoms with Crippen molar-refractivity contribution in [2.45, 2.75) is 13.5 Å². The SMILES string of the molecule is CCOC(=O)N1CCN(C(=O)CN2CCN(Cc3nc4ccccc4[nH]3)CC2)CC1. The number of benzene rings is 1. The number of nitrogens with one attached hydrogen (secondary N) is 1. The Morgan fingerprint density at radius 3 is 2.33 bits per heavy atom. The first-order chi connectivity index (χ1) is 14.6. The zero-order chi connectivity index (χ0) is 20.9. The van der Waals surface area contributed by atoms with Crippen molar-refractivity contribution in [3.63, 3.8) is 0 Å². The van der Waals surface area contributed by atoms with Crippen LogP contribution in [0.15, 0.2) is 24.3 Å². The second-order valence-electron chi connectivity index (χ2n) is 7.82. The van der Waals surface area contributed by atoms with Gasteiger partial charge in [0.15, 0.2) is 0 Å². The Labute approximate surface area is 176 Å². The molecule has 2 aliphatic rings. The highest BCUT2D eigenvalue weighted by atomic mass is 16.6. The molecule has 2 aromatic rings. The molecule has 4 rings (SSSR count). The van der Waals surface area contributed by atoms with Crippen LogP contribution >= 0.6 is 0 Å². The minimum atomic E-state index is -0.287. The molecule has 0 saturated carbocycles. The number of amides is 2. The summed E-state index contributed by atoms with van der Waals surface area (Å²) in [5.41, 5.74) is 2.07. The van der Waals surface area contributed by atoms with E-state index in [-0.39, 0.29) is 12.0 Å². The first-order valence-corrected chi connectivity index (χ1v) is 10.7. The molecule has 2 aliphatic heterocycles.